The molecule has 6 heteroatoms. The summed E-state index contributed by atoms with van der Waals surface area (Å²) in [6, 6.07) is 17.0. The molecule has 6 nitrogen and oxygen atoms in total. The highest BCUT2D eigenvalue weighted by Gasteiger charge is 2.17. The van der Waals surface area contributed by atoms with Gasteiger partial charge in [-0.1, -0.05) is 51.1 Å². The number of anilines is 1. The van der Waals surface area contributed by atoms with Crippen molar-refractivity contribution >= 4 is 28.9 Å². The topological polar surface area (TPSA) is 79.4 Å². The molecule has 2 aromatic carbocycles. The van der Waals surface area contributed by atoms with Crippen LogP contribution < -0.4 is 5.32 Å². The molecule has 41 heavy (non-hydrogen) atoms. The van der Waals surface area contributed by atoms with E-state index in [2.05, 4.69) is 31.1 Å². The highest BCUT2D eigenvalue weighted by Crippen LogP contribution is 2.28. The number of nitrogens with one attached hydrogen (secondary N) is 1. The molecule has 0 atom stereocenters. The Balaban J connectivity index is 1.84. The van der Waals surface area contributed by atoms with E-state index < -0.39 is 0 Å². The maximum Gasteiger partial charge on any atom is 0.255 e. The number of pyridine rings is 1. The van der Waals surface area contributed by atoms with Crippen LogP contribution in [0.5, 0.6) is 0 Å². The minimum Gasteiger partial charge on any atom is -0.342 e. The average Bonchev–Trinajstić information content (AvgIpc) is 2.95. The van der Waals surface area contributed by atoms with E-state index in [0.29, 0.717) is 41.0 Å². The number of hydrogen-bond acceptors (Lipinski definition) is 4. The van der Waals surface area contributed by atoms with Crippen LogP contribution in [0.4, 0.5) is 5.69 Å². The third-order valence-electron chi connectivity index (χ3n) is 7.26. The first-order chi connectivity index (χ1) is 19.3. The zero-order valence-electron chi connectivity index (χ0n) is 25.5. The van der Waals surface area contributed by atoms with E-state index in [4.69, 9.17) is 0 Å². The van der Waals surface area contributed by atoms with Crippen LogP contribution in [-0.2, 0) is 16.6 Å². The zero-order chi connectivity index (χ0) is 30.3. The number of aromatic nitrogens is 1. The number of hydrogen-bond donors (Lipinski definition) is 1. The predicted molar refractivity (Wildman–Crippen MR) is 167 cm³/mol. The van der Waals surface area contributed by atoms with Crippen LogP contribution in [0, 0.1) is 6.92 Å². The van der Waals surface area contributed by atoms with Gasteiger partial charge in [-0.15, -0.1) is 0 Å². The van der Waals surface area contributed by atoms with Gasteiger partial charge < -0.3 is 10.2 Å². The van der Waals surface area contributed by atoms with Gasteiger partial charge in [0.2, 0.25) is 0 Å². The fourth-order valence-electron chi connectivity index (χ4n) is 4.40. The van der Waals surface area contributed by atoms with Gasteiger partial charge >= 0.3 is 0 Å². The number of ketones is 1. The van der Waals surface area contributed by atoms with Crippen molar-refractivity contribution in [3.63, 3.8) is 0 Å². The minimum absolute atomic E-state index is 0.0132. The Hall–Kier alpha value is -4.32. The van der Waals surface area contributed by atoms with Crippen LogP contribution in [0.2, 0.25) is 0 Å². The lowest BCUT2D eigenvalue weighted by Crippen LogP contribution is -2.26. The Labute approximate surface area is 244 Å². The third kappa shape index (κ3) is 7.88. The standard InChI is InChI=1S/C35H41N3O3/c1-9-25(20-28(24(4)39)21-30-19-16-27(22-36-30)34(41)38(8)10-2)31-12-11-13-32(23(31)3)37-33(40)26-14-17-29(18-15-26)35(5,6)7/h9,11-20,22H,10,21H2,1-8H3,(H,37,40)/b25-9?,28-20-. The molecule has 2 amide bonds. The fraction of sp³-hybridized carbons (Fsp3) is 0.314. The van der Waals surface area contributed by atoms with E-state index in [0.717, 1.165) is 16.7 Å². The molecule has 0 aliphatic carbocycles. The summed E-state index contributed by atoms with van der Waals surface area (Å²) in [5, 5.41) is 3.05. The second-order valence-corrected chi connectivity index (χ2v) is 11.3. The molecule has 3 rings (SSSR count). The zero-order valence-corrected chi connectivity index (χ0v) is 25.5. The lowest BCUT2D eigenvalue weighted by atomic mass is 9.86. The van der Waals surface area contributed by atoms with Gasteiger partial charge in [-0.3, -0.25) is 19.4 Å². The minimum atomic E-state index is -0.175. The smallest absolute Gasteiger partial charge is 0.255 e. The number of rotatable bonds is 9. The molecule has 0 unspecified atom stereocenters. The van der Waals surface area contributed by atoms with Gasteiger partial charge in [0, 0.05) is 48.7 Å². The molecule has 0 fully saturated rings. The van der Waals surface area contributed by atoms with E-state index in [1.807, 2.05) is 75.4 Å². The van der Waals surface area contributed by atoms with E-state index in [-0.39, 0.29) is 23.0 Å². The molecular weight excluding hydrogens is 510 g/mol. The maximum atomic E-state index is 13.1. The second kappa shape index (κ2) is 13.4. The summed E-state index contributed by atoms with van der Waals surface area (Å²) in [6.07, 6.45) is 5.74. The van der Waals surface area contributed by atoms with E-state index in [9.17, 15) is 14.4 Å². The molecule has 0 radical (unpaired) electrons. The maximum absolute atomic E-state index is 13.1. The Morgan fingerprint density at radius 1 is 0.976 bits per heavy atom. The first-order valence-corrected chi connectivity index (χ1v) is 14.0. The van der Waals surface area contributed by atoms with Crippen molar-refractivity contribution in [3.05, 3.63) is 112 Å². The molecule has 0 spiro atoms. The van der Waals surface area contributed by atoms with Crippen LogP contribution in [-0.4, -0.2) is 41.1 Å². The SMILES string of the molecule is CC=C(/C=C(/Cc1ccc(C(=O)N(C)CC)cn1)C(C)=O)c1cccc(NC(=O)c2ccc(C(C)(C)C)cc2)c1C. The van der Waals surface area contributed by atoms with Gasteiger partial charge in [-0.2, -0.15) is 0 Å². The van der Waals surface area contributed by atoms with E-state index in [1.54, 1.807) is 37.2 Å². The Morgan fingerprint density at radius 3 is 2.17 bits per heavy atom. The van der Waals surface area contributed by atoms with Gasteiger partial charge in [0.15, 0.2) is 5.78 Å². The van der Waals surface area contributed by atoms with Crippen molar-refractivity contribution in [2.75, 3.05) is 18.9 Å². The first-order valence-electron chi connectivity index (χ1n) is 14.0. The lowest BCUT2D eigenvalue weighted by molar-refractivity contribution is -0.113. The lowest BCUT2D eigenvalue weighted by Gasteiger charge is -2.19. The number of nitrogens with zero attached hydrogens (tertiary/aromatic N) is 2. The van der Waals surface area contributed by atoms with Crippen LogP contribution in [0.15, 0.2) is 78.5 Å². The molecule has 1 N–H and O–H groups in total. The summed E-state index contributed by atoms with van der Waals surface area (Å²) >= 11 is 0. The van der Waals surface area contributed by atoms with Gasteiger partial charge in [0.1, 0.15) is 0 Å². The number of amides is 2. The summed E-state index contributed by atoms with van der Waals surface area (Å²) in [5.74, 6) is -0.321. The monoisotopic (exact) mass is 551 g/mol. The summed E-state index contributed by atoms with van der Waals surface area (Å²) in [6.45, 7) is 14.4. The predicted octanol–water partition coefficient (Wildman–Crippen LogP) is 7.19. The Morgan fingerprint density at radius 2 is 1.63 bits per heavy atom. The molecule has 1 aromatic heterocycles. The van der Waals surface area contributed by atoms with Gasteiger partial charge in [0.25, 0.3) is 11.8 Å². The number of benzene rings is 2. The van der Waals surface area contributed by atoms with Crippen LogP contribution >= 0.6 is 0 Å². The summed E-state index contributed by atoms with van der Waals surface area (Å²) in [7, 11) is 1.75. The number of carbonyl (C=O) groups excluding carboxylic acids is 3. The van der Waals surface area contributed by atoms with Crippen molar-refractivity contribution in [1.82, 2.24) is 9.88 Å². The molecule has 0 saturated carbocycles. The summed E-state index contributed by atoms with van der Waals surface area (Å²) < 4.78 is 0. The van der Waals surface area contributed by atoms with Crippen molar-refractivity contribution in [2.24, 2.45) is 0 Å². The van der Waals surface area contributed by atoms with E-state index >= 15 is 0 Å². The summed E-state index contributed by atoms with van der Waals surface area (Å²) in [4.78, 5) is 44.2. The molecule has 3 aromatic rings. The third-order valence-corrected chi connectivity index (χ3v) is 7.26. The van der Waals surface area contributed by atoms with Crippen molar-refractivity contribution in [3.8, 4) is 0 Å². The van der Waals surface area contributed by atoms with Gasteiger partial charge in [-0.05, 0) is 91.8 Å². The highest BCUT2D eigenvalue weighted by atomic mass is 16.2. The van der Waals surface area contributed by atoms with Crippen LogP contribution in [0.1, 0.15) is 84.6 Å². The van der Waals surface area contributed by atoms with Crippen molar-refractivity contribution < 1.29 is 14.4 Å². The molecule has 1 heterocycles. The molecule has 214 valence electrons. The largest absolute Gasteiger partial charge is 0.342 e. The molecular formula is C35H41N3O3. The van der Waals surface area contributed by atoms with E-state index in [1.165, 1.54) is 5.56 Å². The van der Waals surface area contributed by atoms with Crippen molar-refractivity contribution in [1.29, 1.82) is 0 Å². The number of carbonyl (C=O) groups is 3. The normalized spacial score (nSPS) is 12.2. The Kier molecular flexibility index (Phi) is 10.2. The van der Waals surface area contributed by atoms with Crippen LogP contribution in [0.25, 0.3) is 5.57 Å². The highest BCUT2D eigenvalue weighted by molar-refractivity contribution is 6.05. The molecule has 0 aliphatic rings. The van der Waals surface area contributed by atoms with Gasteiger partial charge in [0.05, 0.1) is 5.56 Å². The van der Waals surface area contributed by atoms with Crippen molar-refractivity contribution in [2.45, 2.75) is 60.3 Å². The average molecular weight is 552 g/mol. The fourth-order valence-corrected chi connectivity index (χ4v) is 4.40. The molecule has 0 bridgehead atoms. The molecule has 0 saturated heterocycles. The first kappa shape index (κ1) is 31.2. The quantitative estimate of drug-likeness (QED) is 0.225. The molecule has 0 aliphatic heterocycles. The summed E-state index contributed by atoms with van der Waals surface area (Å²) in [5.41, 5.74) is 6.99. The second-order valence-electron chi connectivity index (χ2n) is 11.3. The van der Waals surface area contributed by atoms with Gasteiger partial charge in [-0.25, -0.2) is 0 Å². The number of Topliss-reactive ketones (excluding diaryl/α,β-unsaturated/α-hetero) is 1. The van der Waals surface area contributed by atoms with Crippen LogP contribution in [0.3, 0.4) is 0 Å². The Bertz CT molecular complexity index is 1470. The number of allylic oxidation sites excluding steroid dienone is 4.